The van der Waals surface area contributed by atoms with Gasteiger partial charge in [0.15, 0.2) is 0 Å². The molecule has 0 N–H and O–H groups in total. The number of ether oxygens (including phenoxy) is 1. The van der Waals surface area contributed by atoms with Crippen molar-refractivity contribution in [2.24, 2.45) is 0 Å². The van der Waals surface area contributed by atoms with Crippen molar-refractivity contribution >= 4 is 17.5 Å². The Morgan fingerprint density at radius 2 is 2.20 bits per heavy atom. The van der Waals surface area contributed by atoms with Gasteiger partial charge in [-0.05, 0) is 25.5 Å². The van der Waals surface area contributed by atoms with Gasteiger partial charge in [-0.2, -0.15) is 0 Å². The summed E-state index contributed by atoms with van der Waals surface area (Å²) in [5, 5.41) is 0. The summed E-state index contributed by atoms with van der Waals surface area (Å²) in [6.45, 7) is 3.49. The Balaban J connectivity index is 1.76. The number of aromatic nitrogens is 1. The van der Waals surface area contributed by atoms with Gasteiger partial charge in [-0.1, -0.05) is 0 Å². The Morgan fingerprint density at radius 3 is 2.80 bits per heavy atom. The fourth-order valence-electron chi connectivity index (χ4n) is 2.32. The minimum Gasteiger partial charge on any atom is -0.489 e. The maximum atomic E-state index is 11.9. The Bertz CT molecular complexity index is 428. The van der Waals surface area contributed by atoms with Gasteiger partial charge in [0.25, 0.3) is 0 Å². The molecule has 0 spiro atoms. The van der Waals surface area contributed by atoms with Crippen LogP contribution in [0.1, 0.15) is 31.4 Å². The molecule has 1 fully saturated rings. The first-order valence-electron chi connectivity index (χ1n) is 7.12. The van der Waals surface area contributed by atoms with Crippen molar-refractivity contribution in [1.29, 1.82) is 0 Å². The highest BCUT2D eigenvalue weighted by atomic mass is 35.5. The van der Waals surface area contributed by atoms with Crippen LogP contribution >= 0.6 is 11.6 Å². The summed E-state index contributed by atoms with van der Waals surface area (Å²) in [7, 11) is 0. The fourth-order valence-corrected chi connectivity index (χ4v) is 2.45. The molecule has 20 heavy (non-hydrogen) atoms. The van der Waals surface area contributed by atoms with Crippen molar-refractivity contribution in [1.82, 2.24) is 9.88 Å². The standard InChI is InChI=1S/C15H21ClN2O2/c1-12-4-5-14(11-17-12)20-13-6-9-18(10-7-13)15(19)3-2-8-16/h4-5,11,13H,2-3,6-10H2,1H3. The van der Waals surface area contributed by atoms with Crippen molar-refractivity contribution in [2.45, 2.75) is 38.7 Å². The van der Waals surface area contributed by atoms with Gasteiger partial charge in [-0.3, -0.25) is 9.78 Å². The zero-order valence-electron chi connectivity index (χ0n) is 11.8. The van der Waals surface area contributed by atoms with Crippen molar-refractivity contribution in [3.8, 4) is 5.75 Å². The summed E-state index contributed by atoms with van der Waals surface area (Å²) in [5.74, 6) is 1.56. The quantitative estimate of drug-likeness (QED) is 0.785. The van der Waals surface area contributed by atoms with Crippen molar-refractivity contribution in [3.05, 3.63) is 24.0 Å². The maximum Gasteiger partial charge on any atom is 0.222 e. The van der Waals surface area contributed by atoms with Crippen molar-refractivity contribution in [2.75, 3.05) is 19.0 Å². The summed E-state index contributed by atoms with van der Waals surface area (Å²) in [5.41, 5.74) is 0.983. The highest BCUT2D eigenvalue weighted by Gasteiger charge is 2.23. The first-order chi connectivity index (χ1) is 9.69. The van der Waals surface area contributed by atoms with Crippen LogP contribution in [0.4, 0.5) is 0 Å². The zero-order chi connectivity index (χ0) is 14.4. The summed E-state index contributed by atoms with van der Waals surface area (Å²) >= 11 is 5.61. The second kappa shape index (κ2) is 7.48. The lowest BCUT2D eigenvalue weighted by Crippen LogP contribution is -2.41. The van der Waals surface area contributed by atoms with Crippen LogP contribution in [0.3, 0.4) is 0 Å². The van der Waals surface area contributed by atoms with Crippen LogP contribution in [0.5, 0.6) is 5.75 Å². The van der Waals surface area contributed by atoms with Gasteiger partial charge in [0.05, 0.1) is 6.20 Å². The number of rotatable bonds is 5. The molecule has 1 saturated heterocycles. The van der Waals surface area contributed by atoms with Gasteiger partial charge in [-0.25, -0.2) is 0 Å². The molecule has 1 aromatic rings. The van der Waals surface area contributed by atoms with Gasteiger partial charge in [0, 0.05) is 43.9 Å². The number of amides is 1. The number of piperidine rings is 1. The molecule has 0 saturated carbocycles. The largest absolute Gasteiger partial charge is 0.489 e. The smallest absolute Gasteiger partial charge is 0.222 e. The third-order valence-corrected chi connectivity index (χ3v) is 3.77. The molecule has 5 heteroatoms. The van der Waals surface area contributed by atoms with Gasteiger partial charge in [-0.15, -0.1) is 11.6 Å². The number of hydrogen-bond acceptors (Lipinski definition) is 3. The first kappa shape index (κ1) is 15.1. The van der Waals surface area contributed by atoms with Crippen LogP contribution in [-0.2, 0) is 4.79 Å². The average Bonchev–Trinajstić information content (AvgIpc) is 2.48. The monoisotopic (exact) mass is 296 g/mol. The number of aryl methyl sites for hydroxylation is 1. The van der Waals surface area contributed by atoms with Gasteiger partial charge in [0.2, 0.25) is 5.91 Å². The van der Waals surface area contributed by atoms with E-state index in [0.717, 1.165) is 43.8 Å². The molecule has 2 heterocycles. The van der Waals surface area contributed by atoms with Crippen LogP contribution in [0, 0.1) is 6.92 Å². The highest BCUT2D eigenvalue weighted by Crippen LogP contribution is 2.19. The topological polar surface area (TPSA) is 42.4 Å². The predicted octanol–water partition coefficient (Wildman–Crippen LogP) is 2.78. The van der Waals surface area contributed by atoms with Crippen LogP contribution < -0.4 is 4.74 Å². The van der Waals surface area contributed by atoms with E-state index in [1.54, 1.807) is 6.20 Å². The van der Waals surface area contributed by atoms with Crippen LogP contribution in [0.2, 0.25) is 0 Å². The van der Waals surface area contributed by atoms with Gasteiger partial charge >= 0.3 is 0 Å². The lowest BCUT2D eigenvalue weighted by atomic mass is 10.1. The minimum atomic E-state index is 0.177. The number of pyridine rings is 1. The maximum absolute atomic E-state index is 11.9. The van der Waals surface area contributed by atoms with E-state index in [1.165, 1.54) is 0 Å². The Morgan fingerprint density at radius 1 is 1.45 bits per heavy atom. The number of nitrogens with zero attached hydrogens (tertiary/aromatic N) is 2. The molecule has 1 aliphatic heterocycles. The normalized spacial score (nSPS) is 16.2. The second-order valence-corrected chi connectivity index (χ2v) is 5.50. The predicted molar refractivity (Wildman–Crippen MR) is 79.2 cm³/mol. The Kier molecular flexibility index (Phi) is 5.65. The Labute approximate surface area is 125 Å². The van der Waals surface area contributed by atoms with E-state index in [4.69, 9.17) is 16.3 Å². The van der Waals surface area contributed by atoms with Crippen LogP contribution in [0.15, 0.2) is 18.3 Å². The molecule has 0 bridgehead atoms. The summed E-state index contributed by atoms with van der Waals surface area (Å²) in [6, 6.07) is 3.89. The third-order valence-electron chi connectivity index (χ3n) is 3.51. The molecule has 2 rings (SSSR count). The minimum absolute atomic E-state index is 0.177. The number of halogens is 1. The molecule has 0 aromatic carbocycles. The van der Waals surface area contributed by atoms with Gasteiger partial charge in [0.1, 0.15) is 11.9 Å². The molecular weight excluding hydrogens is 276 g/mol. The molecular formula is C15H21ClN2O2. The zero-order valence-corrected chi connectivity index (χ0v) is 12.6. The first-order valence-corrected chi connectivity index (χ1v) is 7.65. The Hall–Kier alpha value is -1.29. The summed E-state index contributed by atoms with van der Waals surface area (Å²) in [6.07, 6.45) is 4.99. The molecule has 1 amide bonds. The lowest BCUT2D eigenvalue weighted by Gasteiger charge is -2.32. The van der Waals surface area contributed by atoms with E-state index in [0.29, 0.717) is 12.3 Å². The van der Waals surface area contributed by atoms with E-state index in [-0.39, 0.29) is 12.0 Å². The van der Waals surface area contributed by atoms with Gasteiger partial charge < -0.3 is 9.64 Å². The molecule has 0 unspecified atom stereocenters. The van der Waals surface area contributed by atoms with Crippen LogP contribution in [-0.4, -0.2) is 40.9 Å². The molecule has 1 aromatic heterocycles. The second-order valence-electron chi connectivity index (χ2n) is 5.13. The van der Waals surface area contributed by atoms with Crippen molar-refractivity contribution in [3.63, 3.8) is 0 Å². The summed E-state index contributed by atoms with van der Waals surface area (Å²) < 4.78 is 5.90. The lowest BCUT2D eigenvalue weighted by molar-refractivity contribution is -0.133. The molecule has 110 valence electrons. The fraction of sp³-hybridized carbons (Fsp3) is 0.600. The van der Waals surface area contributed by atoms with E-state index < -0.39 is 0 Å². The van der Waals surface area contributed by atoms with E-state index in [1.807, 2.05) is 24.0 Å². The number of carbonyl (C=O) groups excluding carboxylic acids is 1. The number of hydrogen-bond donors (Lipinski definition) is 0. The number of alkyl halides is 1. The van der Waals surface area contributed by atoms with Crippen molar-refractivity contribution < 1.29 is 9.53 Å². The molecule has 4 nitrogen and oxygen atoms in total. The molecule has 0 radical (unpaired) electrons. The van der Waals surface area contributed by atoms with E-state index in [2.05, 4.69) is 4.98 Å². The average molecular weight is 297 g/mol. The third kappa shape index (κ3) is 4.37. The highest BCUT2D eigenvalue weighted by molar-refractivity contribution is 6.17. The molecule has 0 atom stereocenters. The number of likely N-dealkylation sites (tertiary alicyclic amines) is 1. The van der Waals surface area contributed by atoms with Crippen LogP contribution in [0.25, 0.3) is 0 Å². The number of carbonyl (C=O) groups is 1. The van der Waals surface area contributed by atoms with E-state index >= 15 is 0 Å². The SMILES string of the molecule is Cc1ccc(OC2CCN(C(=O)CCCCl)CC2)cn1. The molecule has 1 aliphatic rings. The summed E-state index contributed by atoms with van der Waals surface area (Å²) in [4.78, 5) is 18.0. The van der Waals surface area contributed by atoms with E-state index in [9.17, 15) is 4.79 Å². The molecule has 0 aliphatic carbocycles.